The van der Waals surface area contributed by atoms with E-state index in [1.54, 1.807) is 0 Å². The summed E-state index contributed by atoms with van der Waals surface area (Å²) in [5, 5.41) is 5.78. The highest BCUT2D eigenvalue weighted by atomic mass is 32.2. The fraction of sp³-hybridized carbons (Fsp3) is 0.615. The molecule has 21 heavy (non-hydrogen) atoms. The van der Waals surface area contributed by atoms with Gasteiger partial charge in [-0.05, 0) is 19.3 Å². The van der Waals surface area contributed by atoms with Gasteiger partial charge in [-0.15, -0.1) is 0 Å². The Morgan fingerprint density at radius 1 is 1.38 bits per heavy atom. The second-order valence-corrected chi connectivity index (χ2v) is 7.37. The average Bonchev–Trinajstić information content (AvgIpc) is 2.44. The molecule has 1 saturated heterocycles. The minimum Gasteiger partial charge on any atom is -0.369 e. The largest absolute Gasteiger partial charge is 0.369 e. The highest BCUT2D eigenvalue weighted by Gasteiger charge is 2.26. The monoisotopic (exact) mass is 312 g/mol. The van der Waals surface area contributed by atoms with Crippen LogP contribution in [0.1, 0.15) is 36.7 Å². The summed E-state index contributed by atoms with van der Waals surface area (Å²) in [6, 6.07) is -0.337. The van der Waals surface area contributed by atoms with Crippen LogP contribution in [-0.2, 0) is 9.84 Å². The van der Waals surface area contributed by atoms with Gasteiger partial charge in [-0.2, -0.15) is 0 Å². The zero-order valence-corrected chi connectivity index (χ0v) is 12.8. The minimum atomic E-state index is -3.04. The Balaban J connectivity index is 1.94. The molecular weight excluding hydrogens is 292 g/mol. The number of amides is 1. The van der Waals surface area contributed by atoms with Crippen LogP contribution in [0.5, 0.6) is 0 Å². The molecule has 1 aromatic rings. The van der Waals surface area contributed by atoms with Crippen LogP contribution in [0.15, 0.2) is 12.4 Å². The molecule has 2 N–H and O–H groups in total. The van der Waals surface area contributed by atoms with Crippen molar-refractivity contribution in [3.63, 3.8) is 0 Å². The predicted octanol–water partition coefficient (Wildman–Crippen LogP) is 0.606. The molecule has 1 aromatic heterocycles. The first kappa shape index (κ1) is 15.7. The number of anilines is 1. The van der Waals surface area contributed by atoms with Gasteiger partial charge < -0.3 is 10.6 Å². The second kappa shape index (κ2) is 6.84. The van der Waals surface area contributed by atoms with Gasteiger partial charge in [-0.3, -0.25) is 4.79 Å². The van der Waals surface area contributed by atoms with E-state index in [1.165, 1.54) is 12.4 Å². The number of carbonyl (C=O) groups is 1. The Kier molecular flexibility index (Phi) is 5.11. The molecule has 1 aliphatic rings. The van der Waals surface area contributed by atoms with Crippen LogP contribution in [-0.4, -0.2) is 48.4 Å². The van der Waals surface area contributed by atoms with Gasteiger partial charge in [0.05, 0.1) is 23.9 Å². The Bertz CT molecular complexity index is 586. The summed E-state index contributed by atoms with van der Waals surface area (Å²) in [5.74, 6) is 0.444. The first-order chi connectivity index (χ1) is 10.00. The Morgan fingerprint density at radius 3 is 2.81 bits per heavy atom. The molecule has 0 radical (unpaired) electrons. The lowest BCUT2D eigenvalue weighted by Gasteiger charge is -2.22. The van der Waals surface area contributed by atoms with Crippen molar-refractivity contribution in [1.82, 2.24) is 15.3 Å². The predicted molar refractivity (Wildman–Crippen MR) is 80.0 cm³/mol. The van der Waals surface area contributed by atoms with Crippen LogP contribution >= 0.6 is 0 Å². The van der Waals surface area contributed by atoms with Gasteiger partial charge in [0.2, 0.25) is 0 Å². The topological polar surface area (TPSA) is 101 Å². The number of carbonyl (C=O) groups excluding carboxylic acids is 1. The molecule has 2 rings (SSSR count). The van der Waals surface area contributed by atoms with Crippen molar-refractivity contribution >= 4 is 21.6 Å². The van der Waals surface area contributed by atoms with Gasteiger partial charge in [0.1, 0.15) is 11.5 Å². The lowest BCUT2D eigenvalue weighted by molar-refractivity contribution is 0.0933. The van der Waals surface area contributed by atoms with Crippen LogP contribution < -0.4 is 10.6 Å². The third-order valence-corrected chi connectivity index (χ3v) is 5.06. The fourth-order valence-electron chi connectivity index (χ4n) is 2.19. The van der Waals surface area contributed by atoms with E-state index in [0.717, 1.165) is 13.0 Å². The number of hydrogen-bond acceptors (Lipinski definition) is 6. The van der Waals surface area contributed by atoms with E-state index in [1.807, 2.05) is 6.92 Å². The van der Waals surface area contributed by atoms with Gasteiger partial charge in [0.25, 0.3) is 5.91 Å². The van der Waals surface area contributed by atoms with E-state index >= 15 is 0 Å². The van der Waals surface area contributed by atoms with E-state index < -0.39 is 9.84 Å². The molecule has 0 spiro atoms. The van der Waals surface area contributed by atoms with E-state index in [0.29, 0.717) is 18.7 Å². The molecular formula is C13H20N4O3S. The lowest BCUT2D eigenvalue weighted by atomic mass is 10.2. The highest BCUT2D eigenvalue weighted by molar-refractivity contribution is 7.91. The van der Waals surface area contributed by atoms with Crippen molar-refractivity contribution in [2.75, 3.05) is 23.4 Å². The summed E-state index contributed by atoms with van der Waals surface area (Å²) in [7, 11) is -3.04. The number of nitrogens with zero attached hydrogens (tertiary/aromatic N) is 2. The molecule has 0 bridgehead atoms. The van der Waals surface area contributed by atoms with Gasteiger partial charge in [0.15, 0.2) is 9.84 Å². The van der Waals surface area contributed by atoms with Crippen molar-refractivity contribution in [2.24, 2.45) is 0 Å². The first-order valence-corrected chi connectivity index (χ1v) is 8.89. The van der Waals surface area contributed by atoms with Crippen molar-refractivity contribution in [2.45, 2.75) is 32.2 Å². The summed E-state index contributed by atoms with van der Waals surface area (Å²) in [6.07, 6.45) is 5.13. The van der Waals surface area contributed by atoms with Crippen molar-refractivity contribution in [1.29, 1.82) is 0 Å². The molecule has 2 heterocycles. The molecule has 1 unspecified atom stereocenters. The summed E-state index contributed by atoms with van der Waals surface area (Å²) < 4.78 is 23.1. The first-order valence-electron chi connectivity index (χ1n) is 7.07. The molecule has 1 atom stereocenters. The normalized spacial score (nSPS) is 20.7. The van der Waals surface area contributed by atoms with Gasteiger partial charge in [0, 0.05) is 12.6 Å². The Hall–Kier alpha value is -1.70. The summed E-state index contributed by atoms with van der Waals surface area (Å²) in [4.78, 5) is 20.2. The zero-order valence-electron chi connectivity index (χ0n) is 12.0. The molecule has 7 nitrogen and oxygen atoms in total. The van der Waals surface area contributed by atoms with Gasteiger partial charge in [-0.25, -0.2) is 18.4 Å². The third-order valence-electron chi connectivity index (χ3n) is 3.24. The molecule has 1 amide bonds. The molecule has 1 aliphatic heterocycles. The average molecular weight is 312 g/mol. The smallest absolute Gasteiger partial charge is 0.271 e. The molecule has 1 fully saturated rings. The minimum absolute atomic E-state index is 0.00229. The molecule has 8 heteroatoms. The number of sulfone groups is 1. The van der Waals surface area contributed by atoms with Gasteiger partial charge in [-0.1, -0.05) is 6.92 Å². The van der Waals surface area contributed by atoms with Crippen LogP contribution in [0.2, 0.25) is 0 Å². The lowest BCUT2D eigenvalue weighted by Crippen LogP contribution is -2.43. The van der Waals surface area contributed by atoms with E-state index in [4.69, 9.17) is 0 Å². The van der Waals surface area contributed by atoms with E-state index in [9.17, 15) is 13.2 Å². The highest BCUT2D eigenvalue weighted by Crippen LogP contribution is 2.12. The van der Waals surface area contributed by atoms with Crippen LogP contribution in [0.3, 0.4) is 0 Å². The molecule has 0 aliphatic carbocycles. The Labute approximate surface area is 124 Å². The summed E-state index contributed by atoms with van der Waals surface area (Å²) in [6.45, 7) is 2.83. The molecule has 116 valence electrons. The third kappa shape index (κ3) is 4.66. The number of rotatable bonds is 5. The molecule has 0 saturated carbocycles. The maximum absolute atomic E-state index is 12.0. The summed E-state index contributed by atoms with van der Waals surface area (Å²) in [5.41, 5.74) is 0.194. The van der Waals surface area contributed by atoms with Crippen LogP contribution in [0.4, 0.5) is 5.82 Å². The van der Waals surface area contributed by atoms with Crippen LogP contribution in [0, 0.1) is 0 Å². The number of aromatic nitrogens is 2. The van der Waals surface area contributed by atoms with E-state index in [-0.39, 0.29) is 29.1 Å². The zero-order chi connectivity index (χ0) is 15.3. The quantitative estimate of drug-likeness (QED) is 0.826. The van der Waals surface area contributed by atoms with Crippen LogP contribution in [0.25, 0.3) is 0 Å². The number of nitrogens with one attached hydrogen (secondary N) is 2. The van der Waals surface area contributed by atoms with Crippen molar-refractivity contribution in [3.05, 3.63) is 18.1 Å². The number of hydrogen-bond donors (Lipinski definition) is 2. The maximum Gasteiger partial charge on any atom is 0.271 e. The summed E-state index contributed by atoms with van der Waals surface area (Å²) >= 11 is 0. The van der Waals surface area contributed by atoms with Gasteiger partial charge >= 0.3 is 0 Å². The van der Waals surface area contributed by atoms with Crippen molar-refractivity contribution in [3.8, 4) is 0 Å². The standard InChI is InChI=1S/C13H20N4O3S/c1-2-5-14-12-8-15-11(7-16-12)13(18)17-10-4-3-6-21(19,20)9-10/h7-8,10H,2-6,9H2,1H3,(H,14,16)(H,17,18). The maximum atomic E-state index is 12.0. The van der Waals surface area contributed by atoms with E-state index in [2.05, 4.69) is 20.6 Å². The second-order valence-electron chi connectivity index (χ2n) is 5.14. The fourth-order valence-corrected chi connectivity index (χ4v) is 3.82. The molecule has 0 aromatic carbocycles. The Morgan fingerprint density at radius 2 is 2.19 bits per heavy atom. The SMILES string of the molecule is CCCNc1cnc(C(=O)NC2CCCS(=O)(=O)C2)cn1. The van der Waals surface area contributed by atoms with Crippen molar-refractivity contribution < 1.29 is 13.2 Å².